The fourth-order valence-electron chi connectivity index (χ4n) is 2.96. The minimum Gasteiger partial charge on any atom is -0.485 e. The van der Waals surface area contributed by atoms with Gasteiger partial charge in [-0.1, -0.05) is 24.3 Å². The highest BCUT2D eigenvalue weighted by Gasteiger charge is 2.16. The number of hydrogen-bond donors (Lipinski definition) is 2. The summed E-state index contributed by atoms with van der Waals surface area (Å²) in [5, 5.41) is 2.72. The van der Waals surface area contributed by atoms with Crippen molar-refractivity contribution in [1.29, 1.82) is 0 Å². The van der Waals surface area contributed by atoms with E-state index in [4.69, 9.17) is 4.74 Å². The van der Waals surface area contributed by atoms with Crippen LogP contribution in [-0.2, 0) is 16.6 Å². The summed E-state index contributed by atoms with van der Waals surface area (Å²) in [4.78, 5) is 21.1. The number of benzene rings is 2. The zero-order chi connectivity index (χ0) is 23.1. The number of anilines is 2. The molecule has 0 atom stereocenters. The van der Waals surface area contributed by atoms with Crippen molar-refractivity contribution in [3.05, 3.63) is 109 Å². The third-order valence-electron chi connectivity index (χ3n) is 4.58. The van der Waals surface area contributed by atoms with E-state index in [9.17, 15) is 13.2 Å². The highest BCUT2D eigenvalue weighted by atomic mass is 32.2. The van der Waals surface area contributed by atoms with Gasteiger partial charge in [0.15, 0.2) is 11.6 Å². The molecule has 0 saturated carbocycles. The molecule has 1 amide bonds. The van der Waals surface area contributed by atoms with Crippen molar-refractivity contribution < 1.29 is 17.9 Å². The maximum Gasteiger partial charge on any atom is 0.261 e. The van der Waals surface area contributed by atoms with Crippen LogP contribution in [0.2, 0.25) is 0 Å². The summed E-state index contributed by atoms with van der Waals surface area (Å²) in [5.41, 5.74) is 1.44. The van der Waals surface area contributed by atoms with Gasteiger partial charge < -0.3 is 10.1 Å². The smallest absolute Gasteiger partial charge is 0.261 e. The van der Waals surface area contributed by atoms with Crippen molar-refractivity contribution in [2.75, 3.05) is 10.0 Å². The summed E-state index contributed by atoms with van der Waals surface area (Å²) < 4.78 is 33.4. The number of rotatable bonds is 8. The van der Waals surface area contributed by atoms with E-state index in [2.05, 4.69) is 20.0 Å². The molecule has 2 heterocycles. The van der Waals surface area contributed by atoms with Gasteiger partial charge >= 0.3 is 0 Å². The second kappa shape index (κ2) is 9.92. The maximum absolute atomic E-state index is 12.8. The second-order valence-corrected chi connectivity index (χ2v) is 8.63. The number of pyridine rings is 2. The first kappa shape index (κ1) is 22.0. The topological polar surface area (TPSA) is 110 Å². The lowest BCUT2D eigenvalue weighted by Gasteiger charge is -2.12. The molecule has 0 bridgehead atoms. The largest absolute Gasteiger partial charge is 0.485 e. The number of sulfonamides is 1. The number of nitrogens with zero attached hydrogens (tertiary/aromatic N) is 2. The molecule has 9 heteroatoms. The normalized spacial score (nSPS) is 10.9. The van der Waals surface area contributed by atoms with Gasteiger partial charge in [0, 0.05) is 29.8 Å². The lowest BCUT2D eigenvalue weighted by molar-refractivity contribution is 0.102. The van der Waals surface area contributed by atoms with Gasteiger partial charge in [0.05, 0.1) is 4.90 Å². The molecule has 2 aromatic heterocycles. The zero-order valence-corrected chi connectivity index (χ0v) is 18.2. The van der Waals surface area contributed by atoms with Gasteiger partial charge in [0.2, 0.25) is 0 Å². The molecular formula is C24H20N4O4S. The predicted octanol–water partition coefficient (Wildman–Crippen LogP) is 4.11. The summed E-state index contributed by atoms with van der Waals surface area (Å²) in [6.45, 7) is 0.286. The van der Waals surface area contributed by atoms with E-state index in [-0.39, 0.29) is 28.6 Å². The van der Waals surface area contributed by atoms with Crippen LogP contribution < -0.4 is 14.8 Å². The fourth-order valence-corrected chi connectivity index (χ4v) is 4.03. The Bertz CT molecular complexity index is 1350. The van der Waals surface area contributed by atoms with Crippen molar-refractivity contribution in [1.82, 2.24) is 9.97 Å². The van der Waals surface area contributed by atoms with Gasteiger partial charge in [-0.05, 0) is 60.2 Å². The average molecular weight is 461 g/mol. The lowest BCUT2D eigenvalue weighted by Crippen LogP contribution is -2.16. The van der Waals surface area contributed by atoms with Crippen LogP contribution in [0.25, 0.3) is 0 Å². The van der Waals surface area contributed by atoms with Crippen molar-refractivity contribution in [3.63, 3.8) is 0 Å². The lowest BCUT2D eigenvalue weighted by atomic mass is 10.2. The van der Waals surface area contributed by atoms with Crippen molar-refractivity contribution in [2.24, 2.45) is 0 Å². The molecular weight excluding hydrogens is 440 g/mol. The molecule has 2 aromatic carbocycles. The Labute approximate surface area is 191 Å². The van der Waals surface area contributed by atoms with Crippen molar-refractivity contribution in [3.8, 4) is 5.75 Å². The summed E-state index contributed by atoms with van der Waals surface area (Å²) >= 11 is 0. The van der Waals surface area contributed by atoms with E-state index in [1.54, 1.807) is 67.1 Å². The number of carbonyl (C=O) groups is 1. The van der Waals surface area contributed by atoms with E-state index in [1.807, 2.05) is 12.1 Å². The molecule has 0 saturated heterocycles. The van der Waals surface area contributed by atoms with Gasteiger partial charge in [0.1, 0.15) is 6.61 Å². The molecule has 0 fully saturated rings. The van der Waals surface area contributed by atoms with Crippen molar-refractivity contribution >= 4 is 27.4 Å². The SMILES string of the molecule is O=C(Nc1ncccc1OCc1ccncc1)c1cccc(NS(=O)(=O)c2ccccc2)c1. The third-order valence-corrected chi connectivity index (χ3v) is 5.97. The first-order chi connectivity index (χ1) is 16.0. The third kappa shape index (κ3) is 5.72. The molecule has 0 spiro atoms. The Morgan fingerprint density at radius 1 is 0.879 bits per heavy atom. The van der Waals surface area contributed by atoms with Crippen LogP contribution in [0.5, 0.6) is 5.75 Å². The van der Waals surface area contributed by atoms with Gasteiger partial charge in [-0.15, -0.1) is 0 Å². The highest BCUT2D eigenvalue weighted by molar-refractivity contribution is 7.92. The second-order valence-electron chi connectivity index (χ2n) is 6.95. The molecule has 4 aromatic rings. The van der Waals surface area contributed by atoms with E-state index in [1.165, 1.54) is 18.2 Å². The molecule has 0 aliphatic heterocycles. The number of hydrogen-bond acceptors (Lipinski definition) is 6. The Morgan fingerprint density at radius 2 is 1.67 bits per heavy atom. The number of ether oxygens (including phenoxy) is 1. The predicted molar refractivity (Wildman–Crippen MR) is 124 cm³/mol. The summed E-state index contributed by atoms with van der Waals surface area (Å²) in [6, 6.07) is 21.3. The number of carbonyl (C=O) groups excluding carboxylic acids is 1. The monoisotopic (exact) mass is 460 g/mol. The molecule has 0 aliphatic carbocycles. The summed E-state index contributed by atoms with van der Waals surface area (Å²) in [5.74, 6) is 0.207. The molecule has 33 heavy (non-hydrogen) atoms. The van der Waals surface area contributed by atoms with Crippen LogP contribution in [0.3, 0.4) is 0 Å². The van der Waals surface area contributed by atoms with Crippen LogP contribution in [0.1, 0.15) is 15.9 Å². The minimum atomic E-state index is -3.77. The highest BCUT2D eigenvalue weighted by Crippen LogP contribution is 2.23. The first-order valence-corrected chi connectivity index (χ1v) is 11.5. The molecule has 2 N–H and O–H groups in total. The fraction of sp³-hybridized carbons (Fsp3) is 0.0417. The van der Waals surface area contributed by atoms with Gasteiger partial charge in [0.25, 0.3) is 15.9 Å². The molecule has 4 rings (SSSR count). The van der Waals surface area contributed by atoms with E-state index in [0.29, 0.717) is 5.75 Å². The molecule has 166 valence electrons. The Hall–Kier alpha value is -4.24. The van der Waals surface area contributed by atoms with Crippen LogP contribution in [0.4, 0.5) is 11.5 Å². The van der Waals surface area contributed by atoms with Gasteiger partial charge in [-0.25, -0.2) is 13.4 Å². The van der Waals surface area contributed by atoms with Crippen LogP contribution in [0.15, 0.2) is 102 Å². The molecule has 0 aliphatic rings. The average Bonchev–Trinajstić information content (AvgIpc) is 2.84. The van der Waals surface area contributed by atoms with Gasteiger partial charge in [-0.3, -0.25) is 14.5 Å². The van der Waals surface area contributed by atoms with E-state index >= 15 is 0 Å². The number of nitrogens with one attached hydrogen (secondary N) is 2. The molecule has 0 unspecified atom stereocenters. The van der Waals surface area contributed by atoms with Gasteiger partial charge in [-0.2, -0.15) is 0 Å². The Balaban J connectivity index is 1.47. The first-order valence-electron chi connectivity index (χ1n) is 9.97. The Kier molecular flexibility index (Phi) is 6.61. The maximum atomic E-state index is 12.8. The van der Waals surface area contributed by atoms with Crippen LogP contribution in [-0.4, -0.2) is 24.3 Å². The summed E-state index contributed by atoms with van der Waals surface area (Å²) in [6.07, 6.45) is 4.88. The summed E-state index contributed by atoms with van der Waals surface area (Å²) in [7, 11) is -3.77. The molecule has 0 radical (unpaired) electrons. The number of aromatic nitrogens is 2. The minimum absolute atomic E-state index is 0.129. The van der Waals surface area contributed by atoms with Crippen LogP contribution in [0, 0.1) is 0 Å². The number of amides is 1. The van der Waals surface area contributed by atoms with Crippen LogP contribution >= 0.6 is 0 Å². The molecule has 8 nitrogen and oxygen atoms in total. The zero-order valence-electron chi connectivity index (χ0n) is 17.4. The van der Waals surface area contributed by atoms with E-state index < -0.39 is 15.9 Å². The Morgan fingerprint density at radius 3 is 2.45 bits per heavy atom. The quantitative estimate of drug-likeness (QED) is 0.409. The standard InChI is InChI=1S/C24H20N4O4S/c29-24(27-23-22(10-5-13-26-23)32-17-18-11-14-25-15-12-18)19-6-4-7-20(16-19)28-33(30,31)21-8-2-1-3-9-21/h1-16,28H,17H2,(H,26,27,29). The van der Waals surface area contributed by atoms with Crippen molar-refractivity contribution in [2.45, 2.75) is 11.5 Å². The van der Waals surface area contributed by atoms with E-state index in [0.717, 1.165) is 5.56 Å².